The highest BCUT2D eigenvalue weighted by molar-refractivity contribution is 9.10. The molecular weight excluding hydrogens is 536 g/mol. The molecule has 0 radical (unpaired) electrons. The van der Waals surface area contributed by atoms with Gasteiger partial charge in [0.15, 0.2) is 21.0 Å². The summed E-state index contributed by atoms with van der Waals surface area (Å²) in [7, 11) is 0. The average Bonchev–Trinajstić information content (AvgIpc) is 3.37. The summed E-state index contributed by atoms with van der Waals surface area (Å²) < 4.78 is 24.9. The molecule has 8 nitrogen and oxygen atoms in total. The minimum Gasteiger partial charge on any atom is -0.490 e. The second kappa shape index (κ2) is 10.7. The molecule has 3 heterocycles. The fourth-order valence-electron chi connectivity index (χ4n) is 3.88. The number of carbonyl (C=O) groups excluding carboxylic acids is 1. The van der Waals surface area contributed by atoms with Gasteiger partial charge in [-0.15, -0.1) is 0 Å². The van der Waals surface area contributed by atoms with Crippen LogP contribution in [0.1, 0.15) is 45.1 Å². The van der Waals surface area contributed by atoms with Gasteiger partial charge in [-0.1, -0.05) is 17.4 Å². The molecule has 0 bridgehead atoms. The molecule has 4 rings (SSSR count). The second-order valence-electron chi connectivity index (χ2n) is 7.52. The van der Waals surface area contributed by atoms with Crippen molar-refractivity contribution in [1.29, 1.82) is 0 Å². The summed E-state index contributed by atoms with van der Waals surface area (Å²) in [5.74, 6) is 1.13. The number of rotatable bonds is 8. The van der Waals surface area contributed by atoms with Crippen molar-refractivity contribution in [1.82, 2.24) is 4.57 Å². The zero-order chi connectivity index (χ0) is 25.1. The van der Waals surface area contributed by atoms with E-state index in [9.17, 15) is 9.59 Å². The molecule has 1 aliphatic heterocycles. The number of carbonyl (C=O) groups is 1. The maximum Gasteiger partial charge on any atom is 0.338 e. The molecule has 1 atom stereocenters. The van der Waals surface area contributed by atoms with Gasteiger partial charge in [-0.3, -0.25) is 9.36 Å². The van der Waals surface area contributed by atoms with Crippen molar-refractivity contribution in [3.63, 3.8) is 0 Å². The molecule has 0 amide bonds. The van der Waals surface area contributed by atoms with Crippen LogP contribution in [0, 0.1) is 0 Å². The van der Waals surface area contributed by atoms with Crippen molar-refractivity contribution in [2.45, 2.75) is 33.7 Å². The van der Waals surface area contributed by atoms with Crippen molar-refractivity contribution in [3.05, 3.63) is 77.3 Å². The quantitative estimate of drug-likeness (QED) is 0.387. The second-order valence-corrected chi connectivity index (χ2v) is 9.31. The lowest BCUT2D eigenvalue weighted by Gasteiger charge is -2.25. The maximum absolute atomic E-state index is 13.6. The van der Waals surface area contributed by atoms with E-state index in [0.717, 1.165) is 0 Å². The van der Waals surface area contributed by atoms with Crippen LogP contribution >= 0.6 is 27.3 Å². The monoisotopic (exact) mass is 560 g/mol. The largest absolute Gasteiger partial charge is 0.490 e. The van der Waals surface area contributed by atoms with Gasteiger partial charge in [-0.25, -0.2) is 9.79 Å². The highest BCUT2D eigenvalue weighted by atomic mass is 79.9. The van der Waals surface area contributed by atoms with E-state index in [1.165, 1.54) is 15.9 Å². The number of hydrogen-bond donors (Lipinski definition) is 0. The number of ether oxygens (including phenoxy) is 3. The molecule has 0 N–H and O–H groups in total. The number of nitrogens with zero attached hydrogens (tertiary/aromatic N) is 2. The Bertz CT molecular complexity index is 1470. The van der Waals surface area contributed by atoms with E-state index in [-0.39, 0.29) is 12.2 Å². The van der Waals surface area contributed by atoms with Crippen molar-refractivity contribution in [2.24, 2.45) is 4.99 Å². The Morgan fingerprint density at radius 1 is 1.14 bits per heavy atom. The number of benzene rings is 1. The molecule has 1 aliphatic rings. The van der Waals surface area contributed by atoms with Crippen LogP contribution in [0.4, 0.5) is 0 Å². The number of hydrogen-bond acceptors (Lipinski definition) is 8. The minimum absolute atomic E-state index is 0.202. The van der Waals surface area contributed by atoms with E-state index < -0.39 is 12.0 Å². The molecule has 184 valence electrons. The summed E-state index contributed by atoms with van der Waals surface area (Å²) in [4.78, 5) is 31.7. The predicted octanol–water partition coefficient (Wildman–Crippen LogP) is 3.95. The lowest BCUT2D eigenvalue weighted by Crippen LogP contribution is -2.40. The Morgan fingerprint density at radius 2 is 1.89 bits per heavy atom. The standard InChI is InChI=1S/C25H25BrN2O6S/c1-5-31-17-10-8-15(12-18(17)32-6-2)22-21(24(30)33-7-3)14(4)27-25-28(22)23(29)19(35-25)13-16-9-11-20(26)34-16/h8-13,22H,5-7H2,1-4H3/b19-13-. The molecule has 3 aromatic rings. The van der Waals surface area contributed by atoms with Crippen molar-refractivity contribution in [2.75, 3.05) is 19.8 Å². The Balaban J connectivity index is 1.95. The lowest BCUT2D eigenvalue weighted by molar-refractivity contribution is -0.139. The Hall–Kier alpha value is -3.11. The van der Waals surface area contributed by atoms with Gasteiger partial charge < -0.3 is 18.6 Å². The minimum atomic E-state index is -0.745. The van der Waals surface area contributed by atoms with E-state index in [0.29, 0.717) is 61.3 Å². The van der Waals surface area contributed by atoms with Crippen LogP contribution in [0.3, 0.4) is 0 Å². The van der Waals surface area contributed by atoms with Gasteiger partial charge in [0.2, 0.25) is 0 Å². The Morgan fingerprint density at radius 3 is 2.54 bits per heavy atom. The molecular formula is C25H25BrN2O6S. The van der Waals surface area contributed by atoms with Gasteiger partial charge in [-0.05, 0) is 73.5 Å². The normalized spacial score (nSPS) is 15.6. The van der Waals surface area contributed by atoms with E-state index in [1.807, 2.05) is 19.9 Å². The molecule has 10 heteroatoms. The molecule has 0 saturated carbocycles. The predicted molar refractivity (Wildman–Crippen MR) is 136 cm³/mol. The number of esters is 1. The highest BCUT2D eigenvalue weighted by Gasteiger charge is 2.34. The maximum atomic E-state index is 13.6. The van der Waals surface area contributed by atoms with Crippen LogP contribution in [-0.4, -0.2) is 30.4 Å². The fourth-order valence-corrected chi connectivity index (χ4v) is 5.23. The van der Waals surface area contributed by atoms with E-state index >= 15 is 0 Å². The first-order chi connectivity index (χ1) is 16.9. The van der Waals surface area contributed by atoms with Crippen LogP contribution in [0.15, 0.2) is 60.5 Å². The van der Waals surface area contributed by atoms with Crippen LogP contribution in [-0.2, 0) is 9.53 Å². The molecule has 1 unspecified atom stereocenters. The van der Waals surface area contributed by atoms with Gasteiger partial charge in [0.25, 0.3) is 5.56 Å². The first-order valence-corrected chi connectivity index (χ1v) is 12.8. The summed E-state index contributed by atoms with van der Waals surface area (Å²) in [6.45, 7) is 8.38. The summed E-state index contributed by atoms with van der Waals surface area (Å²) in [6, 6.07) is 8.19. The average molecular weight is 561 g/mol. The van der Waals surface area contributed by atoms with Gasteiger partial charge in [-0.2, -0.15) is 0 Å². The van der Waals surface area contributed by atoms with Crippen LogP contribution < -0.4 is 24.4 Å². The third-order valence-corrected chi connectivity index (χ3v) is 6.68. The molecule has 35 heavy (non-hydrogen) atoms. The number of thiazole rings is 1. The van der Waals surface area contributed by atoms with Gasteiger partial charge in [0, 0.05) is 6.08 Å². The van der Waals surface area contributed by atoms with Crippen molar-refractivity contribution in [3.8, 4) is 11.5 Å². The summed E-state index contributed by atoms with van der Waals surface area (Å²) in [6.07, 6.45) is 1.67. The number of halogens is 1. The van der Waals surface area contributed by atoms with Gasteiger partial charge >= 0.3 is 5.97 Å². The molecule has 0 aliphatic carbocycles. The van der Waals surface area contributed by atoms with E-state index in [1.54, 1.807) is 44.2 Å². The summed E-state index contributed by atoms with van der Waals surface area (Å²) in [5, 5.41) is 0. The first kappa shape index (κ1) is 25.0. The molecule has 2 aromatic heterocycles. The lowest BCUT2D eigenvalue weighted by atomic mass is 9.95. The van der Waals surface area contributed by atoms with Crippen LogP contribution in [0.5, 0.6) is 11.5 Å². The van der Waals surface area contributed by atoms with Gasteiger partial charge in [0.1, 0.15) is 5.76 Å². The molecule has 0 spiro atoms. The Kier molecular flexibility index (Phi) is 7.61. The zero-order valence-electron chi connectivity index (χ0n) is 19.8. The number of furan rings is 1. The number of fused-ring (bicyclic) bond motifs is 1. The van der Waals surface area contributed by atoms with Crippen molar-refractivity contribution >= 4 is 39.3 Å². The Labute approximate surface area is 214 Å². The SMILES string of the molecule is CCOC(=O)C1=C(C)N=c2s/c(=C\c3ccc(Br)o3)c(=O)n2C1c1ccc(OCC)c(OCC)c1. The molecule has 1 aromatic carbocycles. The highest BCUT2D eigenvalue weighted by Crippen LogP contribution is 2.36. The van der Waals surface area contributed by atoms with E-state index in [4.69, 9.17) is 18.6 Å². The third-order valence-electron chi connectivity index (χ3n) is 5.27. The van der Waals surface area contributed by atoms with Crippen LogP contribution in [0.25, 0.3) is 6.08 Å². The fraction of sp³-hybridized carbons (Fsp3) is 0.320. The molecule has 0 fully saturated rings. The van der Waals surface area contributed by atoms with E-state index in [2.05, 4.69) is 20.9 Å². The topological polar surface area (TPSA) is 92.3 Å². The molecule has 0 saturated heterocycles. The third kappa shape index (κ3) is 4.99. The van der Waals surface area contributed by atoms with Crippen molar-refractivity contribution < 1.29 is 23.4 Å². The number of allylic oxidation sites excluding steroid dienone is 1. The smallest absolute Gasteiger partial charge is 0.338 e. The zero-order valence-corrected chi connectivity index (χ0v) is 22.2. The number of aromatic nitrogens is 1. The first-order valence-electron chi connectivity index (χ1n) is 11.2. The summed E-state index contributed by atoms with van der Waals surface area (Å²) >= 11 is 4.51. The summed E-state index contributed by atoms with van der Waals surface area (Å²) in [5.41, 5.74) is 1.20. The van der Waals surface area contributed by atoms with Crippen LogP contribution in [0.2, 0.25) is 0 Å². The van der Waals surface area contributed by atoms with Gasteiger partial charge in [0.05, 0.1) is 41.7 Å².